The standard InChI is InChI=1S/C47H45NO2/c1-8-33-16-17-35(30(2)3)28-43(33)34-18-21-40(22-19-34)50-46(49)36-12-11-13-37(27-36)48(39-25-31(4)24-32(5)26-39)38-20-23-42-41-14-9-10-15-44(41)47(6,7)45(42)29-38/h9-30H,8H2,1-7H3. The van der Waals surface area contributed by atoms with Crippen molar-refractivity contribution in [2.45, 2.75) is 66.2 Å². The van der Waals surface area contributed by atoms with Gasteiger partial charge in [-0.1, -0.05) is 107 Å². The number of fused-ring (bicyclic) bond motifs is 3. The highest BCUT2D eigenvalue weighted by Crippen LogP contribution is 2.50. The minimum absolute atomic E-state index is 0.132. The largest absolute Gasteiger partial charge is 0.423 e. The molecule has 0 N–H and O–H groups in total. The van der Waals surface area contributed by atoms with Crippen LogP contribution in [0.3, 0.4) is 0 Å². The van der Waals surface area contributed by atoms with Crippen molar-refractivity contribution in [2.75, 3.05) is 4.90 Å². The molecule has 0 saturated carbocycles. The Morgan fingerprint density at radius 3 is 2.08 bits per heavy atom. The fraction of sp³-hybridized carbons (Fsp3) is 0.213. The Hall–Kier alpha value is -5.41. The van der Waals surface area contributed by atoms with Gasteiger partial charge in [-0.2, -0.15) is 0 Å². The highest BCUT2D eigenvalue weighted by Gasteiger charge is 2.35. The maximum atomic E-state index is 13.7. The SMILES string of the molecule is CCc1ccc(C(C)C)cc1-c1ccc(OC(=O)c2cccc(N(c3cc(C)cc(C)c3)c3ccc4c(c3)C(C)(C)c3ccccc3-4)c2)cc1. The highest BCUT2D eigenvalue weighted by atomic mass is 16.5. The Labute approximate surface area is 297 Å². The van der Waals surface area contributed by atoms with E-state index in [9.17, 15) is 4.79 Å². The lowest BCUT2D eigenvalue weighted by molar-refractivity contribution is 0.0735. The van der Waals surface area contributed by atoms with Gasteiger partial charge in [0.1, 0.15) is 5.75 Å². The molecular weight excluding hydrogens is 611 g/mol. The molecule has 0 heterocycles. The second kappa shape index (κ2) is 13.1. The van der Waals surface area contributed by atoms with E-state index in [1.54, 1.807) is 0 Å². The average Bonchev–Trinajstić information content (AvgIpc) is 3.34. The first kappa shape index (κ1) is 33.1. The third-order valence-electron chi connectivity index (χ3n) is 10.2. The van der Waals surface area contributed by atoms with Gasteiger partial charge < -0.3 is 9.64 Å². The third-order valence-corrected chi connectivity index (χ3v) is 10.2. The quantitative estimate of drug-likeness (QED) is 0.121. The van der Waals surface area contributed by atoms with Crippen molar-refractivity contribution in [3.05, 3.63) is 166 Å². The van der Waals surface area contributed by atoms with Crippen LogP contribution in [-0.2, 0) is 11.8 Å². The van der Waals surface area contributed by atoms with Crippen LogP contribution in [-0.4, -0.2) is 5.97 Å². The Morgan fingerprint density at radius 1 is 0.660 bits per heavy atom. The van der Waals surface area contributed by atoms with Crippen molar-refractivity contribution >= 4 is 23.0 Å². The number of benzene rings is 6. The lowest BCUT2D eigenvalue weighted by atomic mass is 9.82. The second-order valence-corrected chi connectivity index (χ2v) is 14.5. The topological polar surface area (TPSA) is 29.5 Å². The van der Waals surface area contributed by atoms with Crippen molar-refractivity contribution < 1.29 is 9.53 Å². The summed E-state index contributed by atoms with van der Waals surface area (Å²) < 4.78 is 5.96. The van der Waals surface area contributed by atoms with E-state index in [0.717, 1.165) is 29.0 Å². The number of nitrogens with zero attached hydrogens (tertiary/aromatic N) is 1. The van der Waals surface area contributed by atoms with E-state index >= 15 is 0 Å². The number of hydrogen-bond acceptors (Lipinski definition) is 3. The van der Waals surface area contributed by atoms with E-state index in [0.29, 0.717) is 17.2 Å². The van der Waals surface area contributed by atoms with Crippen LogP contribution in [0, 0.1) is 13.8 Å². The van der Waals surface area contributed by atoms with Crippen LogP contribution >= 0.6 is 0 Å². The molecule has 0 spiro atoms. The highest BCUT2D eigenvalue weighted by molar-refractivity contribution is 5.93. The second-order valence-electron chi connectivity index (χ2n) is 14.5. The first-order valence-corrected chi connectivity index (χ1v) is 17.7. The number of aryl methyl sites for hydroxylation is 3. The third kappa shape index (κ3) is 6.13. The van der Waals surface area contributed by atoms with Gasteiger partial charge in [0.25, 0.3) is 0 Å². The molecule has 0 unspecified atom stereocenters. The van der Waals surface area contributed by atoms with Gasteiger partial charge in [0.05, 0.1) is 5.56 Å². The molecule has 3 heteroatoms. The summed E-state index contributed by atoms with van der Waals surface area (Å²) in [6.07, 6.45) is 0.955. The molecule has 0 aliphatic heterocycles. The molecule has 0 atom stereocenters. The van der Waals surface area contributed by atoms with E-state index in [1.165, 1.54) is 50.1 Å². The molecule has 0 bridgehead atoms. The molecule has 50 heavy (non-hydrogen) atoms. The van der Waals surface area contributed by atoms with Gasteiger partial charge in [0, 0.05) is 22.5 Å². The molecule has 0 aromatic heterocycles. The predicted molar refractivity (Wildman–Crippen MR) is 208 cm³/mol. The lowest BCUT2D eigenvalue weighted by Gasteiger charge is -2.29. The fourth-order valence-electron chi connectivity index (χ4n) is 7.53. The molecule has 0 amide bonds. The molecule has 0 fully saturated rings. The average molecular weight is 656 g/mol. The molecule has 6 aromatic rings. The van der Waals surface area contributed by atoms with Gasteiger partial charge in [-0.15, -0.1) is 0 Å². The number of rotatable bonds is 8. The number of ether oxygens (including phenoxy) is 1. The zero-order valence-electron chi connectivity index (χ0n) is 30.2. The summed E-state index contributed by atoms with van der Waals surface area (Å²) in [6.45, 7) is 15.5. The number of anilines is 3. The zero-order chi connectivity index (χ0) is 35.2. The molecular formula is C47H45NO2. The molecule has 250 valence electrons. The molecule has 7 rings (SSSR count). The molecule has 1 aliphatic carbocycles. The van der Waals surface area contributed by atoms with E-state index in [4.69, 9.17) is 4.74 Å². The number of esters is 1. The minimum Gasteiger partial charge on any atom is -0.423 e. The van der Waals surface area contributed by atoms with Crippen molar-refractivity contribution in [1.82, 2.24) is 0 Å². The summed E-state index contributed by atoms with van der Waals surface area (Å²) in [5.41, 5.74) is 15.9. The Kier molecular flexibility index (Phi) is 8.70. The minimum atomic E-state index is -0.387. The van der Waals surface area contributed by atoms with Crippen LogP contribution in [0.4, 0.5) is 17.1 Å². The Bertz CT molecular complexity index is 2200. The molecule has 1 aliphatic rings. The smallest absolute Gasteiger partial charge is 0.343 e. The number of hydrogen-bond donors (Lipinski definition) is 0. The van der Waals surface area contributed by atoms with Crippen molar-refractivity contribution in [3.8, 4) is 28.0 Å². The Balaban J connectivity index is 1.22. The van der Waals surface area contributed by atoms with Crippen LogP contribution in [0.2, 0.25) is 0 Å². The summed E-state index contributed by atoms with van der Waals surface area (Å²) in [7, 11) is 0. The van der Waals surface area contributed by atoms with Crippen LogP contribution < -0.4 is 9.64 Å². The summed E-state index contributed by atoms with van der Waals surface area (Å²) in [4.78, 5) is 15.9. The summed E-state index contributed by atoms with van der Waals surface area (Å²) >= 11 is 0. The summed E-state index contributed by atoms with van der Waals surface area (Å²) in [6, 6.07) is 44.5. The van der Waals surface area contributed by atoms with Gasteiger partial charge in [-0.25, -0.2) is 4.79 Å². The summed E-state index contributed by atoms with van der Waals surface area (Å²) in [5.74, 6) is 0.587. The van der Waals surface area contributed by atoms with Gasteiger partial charge in [0.2, 0.25) is 0 Å². The van der Waals surface area contributed by atoms with Gasteiger partial charge in [-0.05, 0) is 136 Å². The van der Waals surface area contributed by atoms with E-state index in [2.05, 4.69) is 138 Å². The van der Waals surface area contributed by atoms with E-state index in [-0.39, 0.29) is 11.4 Å². The first-order valence-electron chi connectivity index (χ1n) is 17.7. The van der Waals surface area contributed by atoms with E-state index < -0.39 is 0 Å². The normalized spacial score (nSPS) is 12.8. The van der Waals surface area contributed by atoms with Gasteiger partial charge in [-0.3, -0.25) is 0 Å². The van der Waals surface area contributed by atoms with Crippen molar-refractivity contribution in [3.63, 3.8) is 0 Å². The zero-order valence-corrected chi connectivity index (χ0v) is 30.2. The van der Waals surface area contributed by atoms with Crippen LogP contribution in [0.1, 0.15) is 84.3 Å². The van der Waals surface area contributed by atoms with Crippen LogP contribution in [0.5, 0.6) is 5.75 Å². The maximum Gasteiger partial charge on any atom is 0.343 e. The molecule has 0 radical (unpaired) electrons. The van der Waals surface area contributed by atoms with Gasteiger partial charge in [0.15, 0.2) is 0 Å². The molecule has 6 aromatic carbocycles. The van der Waals surface area contributed by atoms with Crippen molar-refractivity contribution in [2.24, 2.45) is 0 Å². The summed E-state index contributed by atoms with van der Waals surface area (Å²) in [5, 5.41) is 0. The first-order chi connectivity index (χ1) is 24.0. The van der Waals surface area contributed by atoms with Crippen molar-refractivity contribution in [1.29, 1.82) is 0 Å². The number of carbonyl (C=O) groups excluding carboxylic acids is 1. The lowest BCUT2D eigenvalue weighted by Crippen LogP contribution is -2.17. The van der Waals surface area contributed by atoms with Gasteiger partial charge >= 0.3 is 5.97 Å². The fourth-order valence-corrected chi connectivity index (χ4v) is 7.53. The van der Waals surface area contributed by atoms with Crippen LogP contribution in [0.25, 0.3) is 22.3 Å². The Morgan fingerprint density at radius 2 is 1.36 bits per heavy atom. The number of carbonyl (C=O) groups is 1. The van der Waals surface area contributed by atoms with E-state index in [1.807, 2.05) is 42.5 Å². The molecule has 3 nitrogen and oxygen atoms in total. The van der Waals surface area contributed by atoms with Crippen LogP contribution in [0.15, 0.2) is 127 Å². The predicted octanol–water partition coefficient (Wildman–Crippen LogP) is 12.7. The maximum absolute atomic E-state index is 13.7. The monoisotopic (exact) mass is 655 g/mol. The molecule has 0 saturated heterocycles.